The van der Waals surface area contributed by atoms with Crippen molar-refractivity contribution in [1.82, 2.24) is 9.88 Å². The van der Waals surface area contributed by atoms with Gasteiger partial charge in [-0.1, -0.05) is 5.92 Å². The number of aromatic nitrogens is 1. The Morgan fingerprint density at radius 1 is 1.26 bits per heavy atom. The summed E-state index contributed by atoms with van der Waals surface area (Å²) in [5, 5.41) is 16.8. The van der Waals surface area contributed by atoms with Gasteiger partial charge >= 0.3 is 0 Å². The van der Waals surface area contributed by atoms with Gasteiger partial charge in [0.15, 0.2) is 0 Å². The fraction of sp³-hybridized carbons (Fsp3) is 0.280. The standard InChI is InChI=1S/C25H24N4O2/c1-3-29-23(21(16-26)20-12-11-19(31-2)15-24(20)29)13-8-17-6-9-18(10-7-17)28-25(30)22-5-4-14-27-22/h6-7,9-12,15,22,27H,3-5,14H2,1-2H3,(H,28,30). The first-order valence-corrected chi connectivity index (χ1v) is 10.4. The molecule has 1 atom stereocenters. The Bertz CT molecular complexity index is 1220. The molecule has 1 saturated heterocycles. The Kier molecular flexibility index (Phi) is 5.93. The number of hydrogen-bond donors (Lipinski definition) is 2. The zero-order chi connectivity index (χ0) is 21.8. The summed E-state index contributed by atoms with van der Waals surface area (Å²) in [5.74, 6) is 7.08. The van der Waals surface area contributed by atoms with Crippen LogP contribution in [0.5, 0.6) is 5.75 Å². The molecule has 0 aliphatic carbocycles. The summed E-state index contributed by atoms with van der Waals surface area (Å²) >= 11 is 0. The van der Waals surface area contributed by atoms with Gasteiger partial charge in [0.05, 0.1) is 24.2 Å². The zero-order valence-electron chi connectivity index (χ0n) is 17.7. The van der Waals surface area contributed by atoms with Crippen molar-refractivity contribution in [3.8, 4) is 23.7 Å². The molecule has 1 fully saturated rings. The summed E-state index contributed by atoms with van der Waals surface area (Å²) < 4.78 is 7.37. The van der Waals surface area contributed by atoms with Crippen LogP contribution in [0.25, 0.3) is 10.9 Å². The molecule has 31 heavy (non-hydrogen) atoms. The van der Waals surface area contributed by atoms with Crippen molar-refractivity contribution < 1.29 is 9.53 Å². The Balaban J connectivity index is 1.61. The van der Waals surface area contributed by atoms with Gasteiger partial charge < -0.3 is 19.9 Å². The van der Waals surface area contributed by atoms with Crippen LogP contribution in [0.3, 0.4) is 0 Å². The third-order valence-electron chi connectivity index (χ3n) is 5.55. The summed E-state index contributed by atoms with van der Waals surface area (Å²) in [6.45, 7) is 3.61. The minimum Gasteiger partial charge on any atom is -0.497 e. The fourth-order valence-corrected chi connectivity index (χ4v) is 3.93. The first-order chi connectivity index (χ1) is 15.1. The molecule has 1 aliphatic rings. The molecule has 1 aliphatic heterocycles. The van der Waals surface area contributed by atoms with Crippen LogP contribution in [0.4, 0.5) is 5.69 Å². The zero-order valence-corrected chi connectivity index (χ0v) is 17.7. The average Bonchev–Trinajstić information content (AvgIpc) is 3.44. The lowest BCUT2D eigenvalue weighted by Gasteiger charge is -2.10. The number of nitriles is 1. The molecule has 0 spiro atoms. The number of aryl methyl sites for hydroxylation is 1. The number of methoxy groups -OCH3 is 1. The highest BCUT2D eigenvalue weighted by Gasteiger charge is 2.21. The van der Waals surface area contributed by atoms with E-state index in [4.69, 9.17) is 4.74 Å². The van der Waals surface area contributed by atoms with E-state index in [2.05, 4.69) is 28.5 Å². The van der Waals surface area contributed by atoms with E-state index < -0.39 is 0 Å². The summed E-state index contributed by atoms with van der Waals surface area (Å²) in [4.78, 5) is 12.2. The van der Waals surface area contributed by atoms with Crippen molar-refractivity contribution in [3.05, 3.63) is 59.3 Å². The molecule has 0 saturated carbocycles. The Hall–Kier alpha value is -3.74. The SMILES string of the molecule is CCn1c(C#Cc2ccc(NC(=O)C3CCCN3)cc2)c(C#N)c2ccc(OC)cc21. The van der Waals surface area contributed by atoms with E-state index >= 15 is 0 Å². The topological polar surface area (TPSA) is 79.1 Å². The number of nitrogens with one attached hydrogen (secondary N) is 2. The summed E-state index contributed by atoms with van der Waals surface area (Å²) in [5.41, 5.74) is 3.75. The molecule has 1 aromatic heterocycles. The lowest BCUT2D eigenvalue weighted by atomic mass is 10.1. The van der Waals surface area contributed by atoms with Crippen LogP contribution in [-0.2, 0) is 11.3 Å². The van der Waals surface area contributed by atoms with Gasteiger partial charge in [0.25, 0.3) is 0 Å². The quantitative estimate of drug-likeness (QED) is 0.642. The summed E-state index contributed by atoms with van der Waals surface area (Å²) in [6.07, 6.45) is 1.90. The maximum Gasteiger partial charge on any atom is 0.241 e. The van der Waals surface area contributed by atoms with E-state index in [0.29, 0.717) is 17.8 Å². The van der Waals surface area contributed by atoms with Gasteiger partial charge in [-0.3, -0.25) is 4.79 Å². The molecule has 2 N–H and O–H groups in total. The number of rotatable bonds is 4. The molecule has 1 amide bonds. The van der Waals surface area contributed by atoms with Crippen LogP contribution in [0, 0.1) is 23.2 Å². The lowest BCUT2D eigenvalue weighted by Crippen LogP contribution is -2.35. The van der Waals surface area contributed by atoms with Gasteiger partial charge in [0.1, 0.15) is 17.5 Å². The molecule has 156 valence electrons. The molecule has 6 heteroatoms. The van der Waals surface area contributed by atoms with Crippen LogP contribution in [0.2, 0.25) is 0 Å². The normalized spacial score (nSPS) is 15.2. The highest BCUT2D eigenvalue weighted by molar-refractivity contribution is 5.95. The fourth-order valence-electron chi connectivity index (χ4n) is 3.93. The largest absolute Gasteiger partial charge is 0.497 e. The maximum absolute atomic E-state index is 12.2. The van der Waals surface area contributed by atoms with E-state index in [1.807, 2.05) is 54.0 Å². The van der Waals surface area contributed by atoms with Gasteiger partial charge in [-0.25, -0.2) is 0 Å². The molecule has 1 unspecified atom stereocenters. The Morgan fingerprint density at radius 3 is 2.71 bits per heavy atom. The van der Waals surface area contributed by atoms with Gasteiger partial charge in [-0.2, -0.15) is 5.26 Å². The number of nitrogens with zero attached hydrogens (tertiary/aromatic N) is 2. The predicted molar refractivity (Wildman–Crippen MR) is 121 cm³/mol. The van der Waals surface area contributed by atoms with Crippen molar-refractivity contribution in [2.24, 2.45) is 0 Å². The smallest absolute Gasteiger partial charge is 0.241 e. The summed E-state index contributed by atoms with van der Waals surface area (Å²) in [7, 11) is 1.63. The van der Waals surface area contributed by atoms with Crippen molar-refractivity contribution >= 4 is 22.5 Å². The number of carbonyl (C=O) groups excluding carboxylic acids is 1. The number of anilines is 1. The number of hydrogen-bond acceptors (Lipinski definition) is 4. The Morgan fingerprint density at radius 2 is 2.06 bits per heavy atom. The number of amides is 1. The van der Waals surface area contributed by atoms with Crippen LogP contribution in [-0.4, -0.2) is 30.2 Å². The highest BCUT2D eigenvalue weighted by atomic mass is 16.5. The molecule has 0 bridgehead atoms. The average molecular weight is 412 g/mol. The molecule has 0 radical (unpaired) electrons. The third-order valence-corrected chi connectivity index (χ3v) is 5.55. The van der Waals surface area contributed by atoms with Crippen LogP contribution in [0.15, 0.2) is 42.5 Å². The van der Waals surface area contributed by atoms with Crippen molar-refractivity contribution in [2.75, 3.05) is 19.0 Å². The maximum atomic E-state index is 12.2. The second kappa shape index (κ2) is 8.95. The van der Waals surface area contributed by atoms with E-state index in [1.165, 1.54) is 0 Å². The number of fused-ring (bicyclic) bond motifs is 1. The first-order valence-electron chi connectivity index (χ1n) is 10.4. The van der Waals surface area contributed by atoms with Crippen LogP contribution < -0.4 is 15.4 Å². The van der Waals surface area contributed by atoms with E-state index in [1.54, 1.807) is 7.11 Å². The molecular weight excluding hydrogens is 388 g/mol. The Labute approximate surface area is 181 Å². The molecule has 3 aromatic rings. The molecule has 4 rings (SSSR count). The van der Waals surface area contributed by atoms with Crippen LogP contribution in [0.1, 0.15) is 36.6 Å². The number of carbonyl (C=O) groups is 1. The van der Waals surface area contributed by atoms with Gasteiger partial charge in [-0.05, 0) is 68.6 Å². The second-order valence-electron chi connectivity index (χ2n) is 7.43. The lowest BCUT2D eigenvalue weighted by molar-refractivity contribution is -0.117. The number of ether oxygens (including phenoxy) is 1. The van der Waals surface area contributed by atoms with Gasteiger partial charge in [0, 0.05) is 29.2 Å². The minimum absolute atomic E-state index is 0.00196. The molecule has 2 aromatic carbocycles. The minimum atomic E-state index is -0.113. The van der Waals surface area contributed by atoms with Gasteiger partial charge in [-0.15, -0.1) is 0 Å². The molecule has 6 nitrogen and oxygen atoms in total. The van der Waals surface area contributed by atoms with E-state index in [9.17, 15) is 10.1 Å². The predicted octanol–water partition coefficient (Wildman–Crippen LogP) is 3.63. The molecule has 2 heterocycles. The molecular formula is C25H24N4O2. The monoisotopic (exact) mass is 412 g/mol. The van der Waals surface area contributed by atoms with E-state index in [-0.39, 0.29) is 11.9 Å². The first kappa shape index (κ1) is 20.5. The van der Waals surface area contributed by atoms with Crippen molar-refractivity contribution in [2.45, 2.75) is 32.4 Å². The van der Waals surface area contributed by atoms with Crippen molar-refractivity contribution in [1.29, 1.82) is 5.26 Å². The van der Waals surface area contributed by atoms with Crippen LogP contribution >= 0.6 is 0 Å². The van der Waals surface area contributed by atoms with Crippen molar-refractivity contribution in [3.63, 3.8) is 0 Å². The highest BCUT2D eigenvalue weighted by Crippen LogP contribution is 2.29. The van der Waals surface area contributed by atoms with E-state index in [0.717, 1.165) is 47.3 Å². The van der Waals surface area contributed by atoms with Gasteiger partial charge in [0.2, 0.25) is 5.91 Å². The summed E-state index contributed by atoms with van der Waals surface area (Å²) in [6, 6.07) is 15.3. The number of benzene rings is 2. The third kappa shape index (κ3) is 4.12. The second-order valence-corrected chi connectivity index (χ2v) is 7.43.